The molecular formula is C19H18Cl3FN4O. The Morgan fingerprint density at radius 2 is 1.82 bits per heavy atom. The summed E-state index contributed by atoms with van der Waals surface area (Å²) >= 11 is 18.5. The van der Waals surface area contributed by atoms with E-state index in [2.05, 4.69) is 15.2 Å². The number of aromatic nitrogens is 1. The van der Waals surface area contributed by atoms with Crippen molar-refractivity contribution in [2.24, 2.45) is 5.92 Å². The molecule has 0 saturated carbocycles. The molecule has 1 N–H and O–H groups in total. The molecule has 2 amide bonds. The fourth-order valence-corrected chi connectivity index (χ4v) is 4.74. The van der Waals surface area contributed by atoms with E-state index in [-0.39, 0.29) is 17.1 Å². The molecule has 0 radical (unpaired) electrons. The van der Waals surface area contributed by atoms with Crippen LogP contribution in [-0.4, -0.2) is 41.6 Å². The van der Waals surface area contributed by atoms with Crippen LogP contribution in [0.1, 0.15) is 12.8 Å². The first-order valence-electron chi connectivity index (χ1n) is 8.99. The van der Waals surface area contributed by atoms with Crippen molar-refractivity contribution in [1.82, 2.24) is 9.88 Å². The lowest BCUT2D eigenvalue weighted by molar-refractivity contribution is 0.209. The first-order valence-corrected chi connectivity index (χ1v) is 10.1. The molecule has 1 aromatic heterocycles. The first kappa shape index (κ1) is 19.6. The quantitative estimate of drug-likeness (QED) is 0.684. The van der Waals surface area contributed by atoms with Crippen molar-refractivity contribution < 1.29 is 9.18 Å². The van der Waals surface area contributed by atoms with E-state index < -0.39 is 5.82 Å². The Balaban J connectivity index is 1.53. The van der Waals surface area contributed by atoms with Gasteiger partial charge in [-0.1, -0.05) is 34.8 Å². The number of nitrogens with zero attached hydrogens (tertiary/aromatic N) is 3. The normalized spacial score (nSPS) is 21.6. The van der Waals surface area contributed by atoms with Crippen molar-refractivity contribution in [3.63, 3.8) is 0 Å². The minimum Gasteiger partial charge on any atom is -0.364 e. The molecule has 28 heavy (non-hydrogen) atoms. The Kier molecular flexibility index (Phi) is 5.54. The predicted octanol–water partition coefficient (Wildman–Crippen LogP) is 5.31. The van der Waals surface area contributed by atoms with Crippen LogP contribution >= 0.6 is 34.8 Å². The van der Waals surface area contributed by atoms with E-state index in [1.165, 1.54) is 18.2 Å². The molecule has 0 aliphatic carbocycles. The topological polar surface area (TPSA) is 48.5 Å². The van der Waals surface area contributed by atoms with Crippen molar-refractivity contribution in [2.75, 3.05) is 29.9 Å². The summed E-state index contributed by atoms with van der Waals surface area (Å²) in [5.74, 6) is -0.212. The zero-order valence-electron chi connectivity index (χ0n) is 14.8. The second kappa shape index (κ2) is 7.93. The number of carbonyl (C=O) groups excluding carboxylic acids is 1. The molecule has 5 rings (SSSR count). The number of anilines is 2. The highest BCUT2D eigenvalue weighted by atomic mass is 35.5. The number of hydrogen-bond acceptors (Lipinski definition) is 3. The Bertz CT molecular complexity index is 892. The van der Waals surface area contributed by atoms with E-state index in [1.54, 1.807) is 17.3 Å². The summed E-state index contributed by atoms with van der Waals surface area (Å²) < 4.78 is 13.3. The van der Waals surface area contributed by atoms with Crippen LogP contribution in [0.4, 0.5) is 20.6 Å². The van der Waals surface area contributed by atoms with E-state index in [9.17, 15) is 9.18 Å². The van der Waals surface area contributed by atoms with E-state index in [1.807, 2.05) is 0 Å². The van der Waals surface area contributed by atoms with Gasteiger partial charge in [0.05, 0.1) is 20.8 Å². The van der Waals surface area contributed by atoms with Gasteiger partial charge in [0, 0.05) is 43.8 Å². The largest absolute Gasteiger partial charge is 0.364 e. The number of fused-ring (bicyclic) bond motifs is 4. The van der Waals surface area contributed by atoms with E-state index in [4.69, 9.17) is 34.8 Å². The van der Waals surface area contributed by atoms with Gasteiger partial charge in [0.15, 0.2) is 0 Å². The Labute approximate surface area is 177 Å². The van der Waals surface area contributed by atoms with Gasteiger partial charge in [-0.25, -0.2) is 9.18 Å². The number of halogens is 4. The molecular weight excluding hydrogens is 426 g/mol. The molecule has 3 fully saturated rings. The second-order valence-electron chi connectivity index (χ2n) is 7.17. The fraction of sp³-hybridized carbons (Fsp3) is 0.368. The van der Waals surface area contributed by atoms with Gasteiger partial charge in [0.2, 0.25) is 0 Å². The number of carbonyl (C=O) groups is 1. The predicted molar refractivity (Wildman–Crippen MR) is 110 cm³/mol. The van der Waals surface area contributed by atoms with Gasteiger partial charge in [0.1, 0.15) is 5.82 Å². The van der Waals surface area contributed by atoms with Crippen LogP contribution in [0.3, 0.4) is 0 Å². The highest BCUT2D eigenvalue weighted by Gasteiger charge is 2.38. The molecule has 3 aliphatic rings. The van der Waals surface area contributed by atoms with Gasteiger partial charge in [-0.3, -0.25) is 4.98 Å². The van der Waals surface area contributed by atoms with Crippen molar-refractivity contribution in [2.45, 2.75) is 18.9 Å². The third-order valence-electron chi connectivity index (χ3n) is 5.29. The molecule has 2 unspecified atom stereocenters. The fourth-order valence-electron chi connectivity index (χ4n) is 3.98. The molecule has 5 nitrogen and oxygen atoms in total. The van der Waals surface area contributed by atoms with E-state index in [0.29, 0.717) is 34.7 Å². The lowest BCUT2D eigenvalue weighted by Crippen LogP contribution is -2.45. The molecule has 148 valence electrons. The highest BCUT2D eigenvalue weighted by Crippen LogP contribution is 2.39. The number of rotatable bonds is 2. The van der Waals surface area contributed by atoms with E-state index >= 15 is 0 Å². The van der Waals surface area contributed by atoms with Crippen LogP contribution in [0, 0.1) is 11.7 Å². The van der Waals surface area contributed by atoms with Gasteiger partial charge in [-0.05, 0) is 37.0 Å². The van der Waals surface area contributed by atoms with Crippen LogP contribution in [0.15, 0.2) is 30.6 Å². The lowest BCUT2D eigenvalue weighted by Gasteiger charge is -2.38. The number of nitrogens with one attached hydrogen (secondary N) is 1. The zero-order valence-corrected chi connectivity index (χ0v) is 17.1. The van der Waals surface area contributed by atoms with Crippen LogP contribution < -0.4 is 10.2 Å². The van der Waals surface area contributed by atoms with Crippen LogP contribution in [0.5, 0.6) is 0 Å². The SMILES string of the molecule is O=C(Nc1ccc(F)c(Cl)c1)N1CC2CCC(C1)N(c1c(Cl)cncc1Cl)C2. The summed E-state index contributed by atoms with van der Waals surface area (Å²) in [6.45, 7) is 1.96. The number of urea groups is 1. The molecule has 3 aliphatic heterocycles. The summed E-state index contributed by atoms with van der Waals surface area (Å²) in [5.41, 5.74) is 1.24. The Hall–Kier alpha value is -1.76. The van der Waals surface area contributed by atoms with Crippen molar-refractivity contribution in [3.05, 3.63) is 51.5 Å². The highest BCUT2D eigenvalue weighted by molar-refractivity contribution is 6.39. The minimum atomic E-state index is -0.519. The van der Waals surface area contributed by atoms with Gasteiger partial charge in [0.25, 0.3) is 0 Å². The number of hydrogen-bond donors (Lipinski definition) is 1. The molecule has 9 heteroatoms. The van der Waals surface area contributed by atoms with Gasteiger partial charge >= 0.3 is 6.03 Å². The Morgan fingerprint density at radius 3 is 2.54 bits per heavy atom. The minimum absolute atomic E-state index is 0.0260. The maximum absolute atomic E-state index is 13.3. The number of piperidine rings is 1. The van der Waals surface area contributed by atoms with Crippen molar-refractivity contribution in [3.8, 4) is 0 Å². The summed E-state index contributed by atoms with van der Waals surface area (Å²) in [5, 5.41) is 3.81. The summed E-state index contributed by atoms with van der Waals surface area (Å²) in [6, 6.07) is 4.02. The molecule has 2 atom stereocenters. The summed E-state index contributed by atoms with van der Waals surface area (Å²) in [7, 11) is 0. The molecule has 3 saturated heterocycles. The number of benzene rings is 1. The first-order chi connectivity index (χ1) is 13.4. The standard InChI is InChI=1S/C19H18Cl3FN4O/c20-14-5-12(2-4-17(14)23)25-19(28)26-8-11-1-3-13(10-26)27(9-11)18-15(21)6-24-7-16(18)22/h2,4-7,11,13H,1,3,8-10H2,(H,25,28). The maximum Gasteiger partial charge on any atom is 0.321 e. The number of pyridine rings is 1. The van der Waals surface area contributed by atoms with Gasteiger partial charge in [-0.15, -0.1) is 0 Å². The van der Waals surface area contributed by atoms with Crippen LogP contribution in [0.2, 0.25) is 15.1 Å². The summed E-state index contributed by atoms with van der Waals surface area (Å²) in [6.07, 6.45) is 5.16. The van der Waals surface area contributed by atoms with Crippen LogP contribution in [-0.2, 0) is 0 Å². The molecule has 0 spiro atoms. The average molecular weight is 444 g/mol. The van der Waals surface area contributed by atoms with Crippen molar-refractivity contribution in [1.29, 1.82) is 0 Å². The smallest absolute Gasteiger partial charge is 0.321 e. The van der Waals surface area contributed by atoms with Crippen molar-refractivity contribution >= 4 is 52.2 Å². The molecule has 2 bridgehead atoms. The Morgan fingerprint density at radius 1 is 1.07 bits per heavy atom. The third-order valence-corrected chi connectivity index (χ3v) is 6.13. The van der Waals surface area contributed by atoms with Gasteiger partial charge < -0.3 is 15.1 Å². The number of amides is 2. The zero-order chi connectivity index (χ0) is 19.8. The average Bonchev–Trinajstić information content (AvgIpc) is 2.97. The molecule has 2 aromatic rings. The van der Waals surface area contributed by atoms with Crippen LogP contribution in [0.25, 0.3) is 0 Å². The molecule has 1 aromatic carbocycles. The summed E-state index contributed by atoms with van der Waals surface area (Å²) in [4.78, 5) is 20.8. The monoisotopic (exact) mass is 442 g/mol. The second-order valence-corrected chi connectivity index (χ2v) is 8.39. The molecule has 4 heterocycles. The maximum atomic E-state index is 13.3. The van der Waals surface area contributed by atoms with Gasteiger partial charge in [-0.2, -0.15) is 0 Å². The lowest BCUT2D eigenvalue weighted by atomic mass is 9.94. The van der Waals surface area contributed by atoms with E-state index in [0.717, 1.165) is 25.1 Å². The third kappa shape index (κ3) is 3.86.